The lowest BCUT2D eigenvalue weighted by atomic mass is 10.2. The van der Waals surface area contributed by atoms with Gasteiger partial charge in [0.15, 0.2) is 0 Å². The molecule has 2 heterocycles. The molecule has 1 atom stereocenters. The summed E-state index contributed by atoms with van der Waals surface area (Å²) in [5, 5.41) is 5.74. The monoisotopic (exact) mass is 337 g/mol. The van der Waals surface area contributed by atoms with Crippen molar-refractivity contribution in [1.29, 1.82) is 0 Å². The second kappa shape index (κ2) is 6.29. The third kappa shape index (κ3) is 3.53. The highest BCUT2D eigenvalue weighted by Crippen LogP contribution is 2.17. The minimum absolute atomic E-state index is 0.140. The Morgan fingerprint density at radius 3 is 2.74 bits per heavy atom. The van der Waals surface area contributed by atoms with Gasteiger partial charge in [-0.25, -0.2) is 18.3 Å². The van der Waals surface area contributed by atoms with Crippen molar-refractivity contribution in [3.63, 3.8) is 0 Å². The number of hydrogen-bond donors (Lipinski definition) is 1. The number of ether oxygens (including phenoxy) is 1. The first-order valence-electron chi connectivity index (χ1n) is 7.51. The first-order valence-corrected chi connectivity index (χ1v) is 9.16. The molecule has 1 aliphatic heterocycles. The molecule has 7 nitrogen and oxygen atoms in total. The van der Waals surface area contributed by atoms with E-state index in [2.05, 4.69) is 10.2 Å². The lowest BCUT2D eigenvalue weighted by Gasteiger charge is -2.11. The first kappa shape index (κ1) is 15.9. The summed E-state index contributed by atoms with van der Waals surface area (Å²) in [6.07, 6.45) is 1.59. The van der Waals surface area contributed by atoms with E-state index in [0.717, 1.165) is 18.4 Å². The van der Waals surface area contributed by atoms with Crippen LogP contribution in [0.1, 0.15) is 24.0 Å². The smallest absolute Gasteiger partial charge is 0.344 e. The summed E-state index contributed by atoms with van der Waals surface area (Å²) < 4.78 is 31.9. The molecule has 23 heavy (non-hydrogen) atoms. The van der Waals surface area contributed by atoms with E-state index in [4.69, 9.17) is 4.74 Å². The number of aromatic nitrogens is 3. The second-order valence-electron chi connectivity index (χ2n) is 5.80. The van der Waals surface area contributed by atoms with Gasteiger partial charge in [0.1, 0.15) is 0 Å². The van der Waals surface area contributed by atoms with Gasteiger partial charge in [-0.05, 0) is 25.3 Å². The third-order valence-electron chi connectivity index (χ3n) is 3.89. The van der Waals surface area contributed by atoms with Crippen molar-refractivity contribution in [2.75, 3.05) is 6.61 Å². The average molecular weight is 337 g/mol. The number of nitrogens with zero attached hydrogens (tertiary/aromatic N) is 2. The Morgan fingerprint density at radius 1 is 1.35 bits per heavy atom. The molecule has 0 saturated carbocycles. The van der Waals surface area contributed by atoms with E-state index in [1.165, 1.54) is 4.57 Å². The van der Waals surface area contributed by atoms with Crippen LogP contribution >= 0.6 is 0 Å². The quantitative estimate of drug-likeness (QED) is 0.879. The Kier molecular flexibility index (Phi) is 4.36. The molecule has 0 bridgehead atoms. The summed E-state index contributed by atoms with van der Waals surface area (Å²) in [6.45, 7) is 2.78. The fraction of sp³-hybridized carbons (Fsp3) is 0.467. The molecule has 0 spiro atoms. The number of benzene rings is 1. The summed E-state index contributed by atoms with van der Waals surface area (Å²) in [5.74, 6) is -0.191. The summed E-state index contributed by atoms with van der Waals surface area (Å²) in [7, 11) is -3.71. The summed E-state index contributed by atoms with van der Waals surface area (Å²) >= 11 is 0. The van der Waals surface area contributed by atoms with Gasteiger partial charge in [-0.3, -0.25) is 4.57 Å². The number of hydrogen-bond acceptors (Lipinski definition) is 5. The topological polar surface area (TPSA) is 94.0 Å². The number of aryl methyl sites for hydroxylation is 1. The second-order valence-corrected chi connectivity index (χ2v) is 7.68. The fourth-order valence-corrected chi connectivity index (χ4v) is 4.10. The van der Waals surface area contributed by atoms with Crippen molar-refractivity contribution in [1.82, 2.24) is 14.8 Å². The molecular formula is C15H19N3O4S. The predicted molar refractivity (Wildman–Crippen MR) is 83.9 cm³/mol. The largest absolute Gasteiger partial charge is 0.376 e. The molecule has 1 saturated heterocycles. The van der Waals surface area contributed by atoms with Crippen LogP contribution in [0.4, 0.5) is 0 Å². The maximum absolute atomic E-state index is 12.6. The van der Waals surface area contributed by atoms with Crippen molar-refractivity contribution in [2.45, 2.75) is 43.3 Å². The highest BCUT2D eigenvalue weighted by atomic mass is 32.2. The molecule has 1 aromatic carbocycles. The van der Waals surface area contributed by atoms with E-state index in [1.54, 1.807) is 12.1 Å². The molecular weight excluding hydrogens is 318 g/mol. The molecule has 0 aliphatic carbocycles. The van der Waals surface area contributed by atoms with Crippen molar-refractivity contribution >= 4 is 9.84 Å². The highest BCUT2D eigenvalue weighted by Gasteiger charge is 2.26. The third-order valence-corrected chi connectivity index (χ3v) is 5.47. The predicted octanol–water partition coefficient (Wildman–Crippen LogP) is 1.03. The van der Waals surface area contributed by atoms with Crippen LogP contribution < -0.4 is 5.69 Å². The number of sulfone groups is 1. The van der Waals surface area contributed by atoms with Gasteiger partial charge >= 0.3 is 5.69 Å². The lowest BCUT2D eigenvalue weighted by molar-refractivity contribution is 0.0940. The number of rotatable bonds is 5. The minimum Gasteiger partial charge on any atom is -0.376 e. The Bertz CT molecular complexity index is 830. The van der Waals surface area contributed by atoms with E-state index < -0.39 is 15.5 Å². The zero-order valence-corrected chi connectivity index (χ0v) is 13.7. The van der Waals surface area contributed by atoms with E-state index in [0.29, 0.717) is 12.2 Å². The van der Waals surface area contributed by atoms with Crippen molar-refractivity contribution in [3.05, 3.63) is 45.9 Å². The number of aromatic amines is 1. The van der Waals surface area contributed by atoms with E-state index in [-0.39, 0.29) is 23.6 Å². The molecule has 3 rings (SSSR count). The van der Waals surface area contributed by atoms with Crippen molar-refractivity contribution < 1.29 is 13.2 Å². The van der Waals surface area contributed by atoms with Crippen LogP contribution in [0.5, 0.6) is 0 Å². The zero-order valence-electron chi connectivity index (χ0n) is 12.9. The molecule has 0 unspecified atom stereocenters. The Labute approximate surface area is 134 Å². The van der Waals surface area contributed by atoms with Gasteiger partial charge in [0.05, 0.1) is 18.4 Å². The van der Waals surface area contributed by atoms with Crippen molar-refractivity contribution in [2.24, 2.45) is 0 Å². The molecule has 1 N–H and O–H groups in total. The Hall–Kier alpha value is -1.93. The van der Waals surface area contributed by atoms with Gasteiger partial charge in [-0.1, -0.05) is 29.8 Å². The number of nitrogens with one attached hydrogen (secondary N) is 1. The van der Waals surface area contributed by atoms with Gasteiger partial charge in [0.2, 0.25) is 9.84 Å². The van der Waals surface area contributed by atoms with Gasteiger partial charge in [-0.2, -0.15) is 0 Å². The van der Waals surface area contributed by atoms with E-state index in [9.17, 15) is 13.2 Å². The van der Waals surface area contributed by atoms with E-state index in [1.807, 2.05) is 19.1 Å². The van der Waals surface area contributed by atoms with Gasteiger partial charge in [0, 0.05) is 6.61 Å². The lowest BCUT2D eigenvalue weighted by Crippen LogP contribution is -2.27. The van der Waals surface area contributed by atoms with E-state index >= 15 is 0 Å². The standard InChI is InChI=1S/C15H19N3O4S/c1-11-4-6-12(7-5-11)10-23(20,21)15-17-16-14(19)18(15)9-13-3-2-8-22-13/h4-7,13H,2-3,8-10H2,1H3,(H,16,19)/t13-/m1/s1. The fourth-order valence-electron chi connectivity index (χ4n) is 2.66. The van der Waals surface area contributed by atoms with Crippen LogP contribution in [-0.4, -0.2) is 35.9 Å². The minimum atomic E-state index is -3.71. The van der Waals surface area contributed by atoms with Crippen LogP contribution in [0, 0.1) is 6.92 Å². The van der Waals surface area contributed by atoms with Gasteiger partial charge in [-0.15, -0.1) is 5.10 Å². The Morgan fingerprint density at radius 2 is 2.09 bits per heavy atom. The average Bonchev–Trinajstić information content (AvgIpc) is 3.13. The van der Waals surface area contributed by atoms with Crippen LogP contribution in [0.25, 0.3) is 0 Å². The molecule has 1 aromatic heterocycles. The maximum atomic E-state index is 12.6. The normalized spacial score (nSPS) is 18.4. The van der Waals surface area contributed by atoms with Gasteiger partial charge < -0.3 is 4.74 Å². The Balaban J connectivity index is 1.87. The SMILES string of the molecule is Cc1ccc(CS(=O)(=O)c2n[nH]c(=O)n2C[C@H]2CCCO2)cc1. The van der Waals surface area contributed by atoms with Crippen LogP contribution in [0.2, 0.25) is 0 Å². The molecule has 2 aromatic rings. The van der Waals surface area contributed by atoms with Gasteiger partial charge in [0.25, 0.3) is 5.16 Å². The zero-order chi connectivity index (χ0) is 16.4. The summed E-state index contributed by atoms with van der Waals surface area (Å²) in [5.41, 5.74) is 1.19. The molecule has 1 fully saturated rings. The maximum Gasteiger partial charge on any atom is 0.344 e. The molecule has 1 aliphatic rings. The van der Waals surface area contributed by atoms with Crippen LogP contribution in [0.3, 0.4) is 0 Å². The number of H-pyrrole nitrogens is 1. The summed E-state index contributed by atoms with van der Waals surface area (Å²) in [6, 6.07) is 7.24. The van der Waals surface area contributed by atoms with Crippen LogP contribution in [0.15, 0.2) is 34.2 Å². The van der Waals surface area contributed by atoms with Crippen LogP contribution in [-0.2, 0) is 26.9 Å². The molecule has 0 amide bonds. The molecule has 124 valence electrons. The molecule has 8 heteroatoms. The van der Waals surface area contributed by atoms with Crippen molar-refractivity contribution in [3.8, 4) is 0 Å². The molecule has 0 radical (unpaired) electrons. The first-order chi connectivity index (χ1) is 11.0. The summed E-state index contributed by atoms with van der Waals surface area (Å²) in [4.78, 5) is 11.9. The highest BCUT2D eigenvalue weighted by molar-refractivity contribution is 7.90.